The van der Waals surface area contributed by atoms with E-state index in [2.05, 4.69) is 54.4 Å². The monoisotopic (exact) mass is 409 g/mol. The quantitative estimate of drug-likeness (QED) is 0.785. The predicted molar refractivity (Wildman–Crippen MR) is 121 cm³/mol. The number of nitrogens with zero attached hydrogens (tertiary/aromatic N) is 2. The maximum atomic E-state index is 13.2. The molecule has 0 saturated carbocycles. The zero-order valence-corrected chi connectivity index (χ0v) is 18.6. The molecule has 5 nitrogen and oxygen atoms in total. The normalized spacial score (nSPS) is 24.5. The van der Waals surface area contributed by atoms with E-state index in [0.29, 0.717) is 11.8 Å². The molecule has 1 N–H and O–H groups in total. The highest BCUT2D eigenvalue weighted by Gasteiger charge is 2.42. The van der Waals surface area contributed by atoms with Gasteiger partial charge in [0, 0.05) is 56.3 Å². The summed E-state index contributed by atoms with van der Waals surface area (Å²) in [6, 6.07) is 8.40. The third kappa shape index (κ3) is 4.47. The Morgan fingerprint density at radius 1 is 1.17 bits per heavy atom. The van der Waals surface area contributed by atoms with Crippen LogP contribution in [0, 0.1) is 11.8 Å². The Bertz CT molecular complexity index is 806. The van der Waals surface area contributed by atoms with Crippen molar-refractivity contribution in [3.8, 4) is 5.75 Å². The molecule has 2 heterocycles. The van der Waals surface area contributed by atoms with E-state index >= 15 is 0 Å². The maximum absolute atomic E-state index is 13.2. The molecule has 3 aliphatic rings. The van der Waals surface area contributed by atoms with Crippen LogP contribution in [-0.4, -0.2) is 67.6 Å². The predicted octanol–water partition coefficient (Wildman–Crippen LogP) is 2.88. The topological polar surface area (TPSA) is 44.8 Å². The van der Waals surface area contributed by atoms with Crippen LogP contribution in [0.2, 0.25) is 0 Å². The van der Waals surface area contributed by atoms with Crippen molar-refractivity contribution in [2.45, 2.75) is 32.2 Å². The minimum Gasteiger partial charge on any atom is -0.497 e. The molecule has 2 unspecified atom stereocenters. The highest BCUT2D eigenvalue weighted by atomic mass is 16.5. The summed E-state index contributed by atoms with van der Waals surface area (Å²) in [6.07, 6.45) is 8.61. The Kier molecular flexibility index (Phi) is 6.30. The van der Waals surface area contributed by atoms with Gasteiger partial charge in [0.2, 0.25) is 5.91 Å². The molecule has 162 valence electrons. The smallest absolute Gasteiger partial charge is 0.250 e. The number of hydrogen-bond donors (Lipinski definition) is 1. The molecular formula is C25H35N3O2. The second-order valence-corrected chi connectivity index (χ2v) is 9.38. The van der Waals surface area contributed by atoms with Crippen LogP contribution in [-0.2, 0) is 11.2 Å². The van der Waals surface area contributed by atoms with E-state index < -0.39 is 0 Å². The van der Waals surface area contributed by atoms with Gasteiger partial charge in [-0.15, -0.1) is 0 Å². The number of nitrogens with one attached hydrogen (secondary N) is 1. The minimum absolute atomic E-state index is 0.0916. The number of carbonyl (C=O) groups is 1. The van der Waals surface area contributed by atoms with Crippen molar-refractivity contribution < 1.29 is 9.53 Å². The fourth-order valence-electron chi connectivity index (χ4n) is 4.95. The summed E-state index contributed by atoms with van der Waals surface area (Å²) < 4.78 is 5.27. The fraction of sp³-hybridized carbons (Fsp3) is 0.560. The first-order chi connectivity index (χ1) is 14.5. The molecular weight excluding hydrogens is 374 g/mol. The number of allylic oxidation sites excluding steroid dienone is 2. The number of hydrogen-bond acceptors (Lipinski definition) is 4. The van der Waals surface area contributed by atoms with Gasteiger partial charge in [-0.3, -0.25) is 9.69 Å². The molecule has 2 fully saturated rings. The average Bonchev–Trinajstić information content (AvgIpc) is 3.24. The van der Waals surface area contributed by atoms with Crippen molar-refractivity contribution in [1.29, 1.82) is 0 Å². The molecule has 30 heavy (non-hydrogen) atoms. The van der Waals surface area contributed by atoms with Gasteiger partial charge in [-0.25, -0.2) is 0 Å². The number of piperazine rings is 1. The summed E-state index contributed by atoms with van der Waals surface area (Å²) >= 11 is 0. The SMILES string of the molecule is COc1ccc(CCC(C)(C)N2CC3C=CC=C(C(=O)N4CCNCC4)C3C2)cc1. The van der Waals surface area contributed by atoms with E-state index in [1.165, 1.54) is 5.56 Å². The number of aryl methyl sites for hydroxylation is 1. The molecule has 4 rings (SSSR count). The molecule has 2 atom stereocenters. The van der Waals surface area contributed by atoms with Crippen LogP contribution in [0.4, 0.5) is 0 Å². The highest BCUT2D eigenvalue weighted by Crippen LogP contribution is 2.38. The number of amides is 1. The first kappa shape index (κ1) is 21.1. The lowest BCUT2D eigenvalue weighted by molar-refractivity contribution is -0.128. The minimum atomic E-state index is 0.0916. The Balaban J connectivity index is 1.39. The number of rotatable bonds is 6. The first-order valence-corrected chi connectivity index (χ1v) is 11.2. The van der Waals surface area contributed by atoms with Crippen LogP contribution in [0.15, 0.2) is 48.1 Å². The largest absolute Gasteiger partial charge is 0.497 e. The molecule has 2 saturated heterocycles. The van der Waals surface area contributed by atoms with Crippen LogP contribution in [0.3, 0.4) is 0 Å². The molecule has 0 radical (unpaired) electrons. The van der Waals surface area contributed by atoms with E-state index in [4.69, 9.17) is 4.74 Å². The van der Waals surface area contributed by atoms with E-state index in [1.54, 1.807) is 7.11 Å². The maximum Gasteiger partial charge on any atom is 0.250 e. The number of ether oxygens (including phenoxy) is 1. The van der Waals surface area contributed by atoms with Gasteiger partial charge in [0.05, 0.1) is 7.11 Å². The number of benzene rings is 1. The summed E-state index contributed by atoms with van der Waals surface area (Å²) in [7, 11) is 1.70. The third-order valence-electron chi connectivity index (χ3n) is 7.09. The Labute approximate surface area is 180 Å². The zero-order valence-electron chi connectivity index (χ0n) is 18.6. The first-order valence-electron chi connectivity index (χ1n) is 11.2. The second-order valence-electron chi connectivity index (χ2n) is 9.38. The van der Waals surface area contributed by atoms with Crippen molar-refractivity contribution in [2.24, 2.45) is 11.8 Å². The third-order valence-corrected chi connectivity index (χ3v) is 7.09. The molecule has 0 aromatic heterocycles. The van der Waals surface area contributed by atoms with Crippen molar-refractivity contribution in [3.63, 3.8) is 0 Å². The molecule has 1 amide bonds. The van der Waals surface area contributed by atoms with Crippen molar-refractivity contribution >= 4 is 5.91 Å². The van der Waals surface area contributed by atoms with Gasteiger partial charge < -0.3 is 15.0 Å². The average molecular weight is 410 g/mol. The Morgan fingerprint density at radius 3 is 2.60 bits per heavy atom. The number of likely N-dealkylation sites (tertiary alicyclic amines) is 1. The lowest BCUT2D eigenvalue weighted by atomic mass is 9.84. The molecule has 2 aliphatic heterocycles. The summed E-state index contributed by atoms with van der Waals surface area (Å²) in [6.45, 7) is 10.1. The van der Waals surface area contributed by atoms with E-state index in [0.717, 1.165) is 63.4 Å². The van der Waals surface area contributed by atoms with Gasteiger partial charge in [-0.2, -0.15) is 0 Å². The van der Waals surface area contributed by atoms with E-state index in [9.17, 15) is 4.79 Å². The number of methoxy groups -OCH3 is 1. The van der Waals surface area contributed by atoms with Gasteiger partial charge >= 0.3 is 0 Å². The van der Waals surface area contributed by atoms with Crippen LogP contribution in [0.5, 0.6) is 5.75 Å². The molecule has 0 bridgehead atoms. The number of fused-ring (bicyclic) bond motifs is 1. The highest BCUT2D eigenvalue weighted by molar-refractivity contribution is 5.95. The van der Waals surface area contributed by atoms with Gasteiger partial charge in [0.25, 0.3) is 0 Å². The lowest BCUT2D eigenvalue weighted by Crippen LogP contribution is -2.48. The zero-order chi connectivity index (χ0) is 21.1. The summed E-state index contributed by atoms with van der Waals surface area (Å²) in [5.74, 6) is 1.91. The summed E-state index contributed by atoms with van der Waals surface area (Å²) in [4.78, 5) is 17.8. The second kappa shape index (κ2) is 8.94. The Hall–Kier alpha value is -2.11. The fourth-order valence-corrected chi connectivity index (χ4v) is 4.95. The van der Waals surface area contributed by atoms with E-state index in [1.807, 2.05) is 17.0 Å². The van der Waals surface area contributed by atoms with E-state index in [-0.39, 0.29) is 11.4 Å². The number of carbonyl (C=O) groups excluding carboxylic acids is 1. The molecule has 5 heteroatoms. The molecule has 0 spiro atoms. The van der Waals surface area contributed by atoms with Crippen LogP contribution in [0.25, 0.3) is 0 Å². The van der Waals surface area contributed by atoms with Crippen LogP contribution >= 0.6 is 0 Å². The van der Waals surface area contributed by atoms with Gasteiger partial charge in [0.15, 0.2) is 0 Å². The van der Waals surface area contributed by atoms with Crippen LogP contribution < -0.4 is 10.1 Å². The van der Waals surface area contributed by atoms with Crippen molar-refractivity contribution in [1.82, 2.24) is 15.1 Å². The lowest BCUT2D eigenvalue weighted by Gasteiger charge is -2.36. The molecule has 1 aliphatic carbocycles. The van der Waals surface area contributed by atoms with Crippen molar-refractivity contribution in [2.75, 3.05) is 46.4 Å². The van der Waals surface area contributed by atoms with Gasteiger partial charge in [-0.05, 0) is 50.3 Å². The summed E-state index contributed by atoms with van der Waals surface area (Å²) in [5, 5.41) is 3.34. The van der Waals surface area contributed by atoms with Crippen LogP contribution in [0.1, 0.15) is 25.8 Å². The molecule has 1 aromatic rings. The van der Waals surface area contributed by atoms with Gasteiger partial charge in [-0.1, -0.05) is 30.4 Å². The Morgan fingerprint density at radius 2 is 1.90 bits per heavy atom. The van der Waals surface area contributed by atoms with Gasteiger partial charge in [0.1, 0.15) is 5.75 Å². The summed E-state index contributed by atoms with van der Waals surface area (Å²) in [5.41, 5.74) is 2.45. The standard InChI is InChI=1S/C25H35N3O2/c1-25(2,12-11-19-7-9-21(30-3)10-8-19)28-17-20-5-4-6-22(23(20)18-28)24(29)27-15-13-26-14-16-27/h4-10,20,23,26H,11-18H2,1-3H3. The van der Waals surface area contributed by atoms with Crippen molar-refractivity contribution in [3.05, 3.63) is 53.6 Å². The molecule has 1 aromatic carbocycles.